The van der Waals surface area contributed by atoms with E-state index in [0.29, 0.717) is 22.1 Å². The summed E-state index contributed by atoms with van der Waals surface area (Å²) in [5, 5.41) is 3.49. The van der Waals surface area contributed by atoms with Crippen molar-refractivity contribution in [2.24, 2.45) is 5.41 Å². The molecule has 37 heavy (non-hydrogen) atoms. The molecule has 2 heterocycles. The molecule has 1 amide bonds. The van der Waals surface area contributed by atoms with E-state index in [1.807, 2.05) is 25.1 Å². The number of H-pyrrole nitrogens is 1. The van der Waals surface area contributed by atoms with Gasteiger partial charge >= 0.3 is 5.76 Å². The number of aromatic amines is 1. The number of benzene rings is 2. The Labute approximate surface area is 210 Å². The quantitative estimate of drug-likeness (QED) is 0.334. The summed E-state index contributed by atoms with van der Waals surface area (Å²) in [5.41, 5.74) is 1.68. The van der Waals surface area contributed by atoms with Crippen molar-refractivity contribution in [1.82, 2.24) is 10.3 Å². The molecule has 0 radical (unpaired) electrons. The number of furan rings is 1. The van der Waals surface area contributed by atoms with E-state index in [-0.39, 0.29) is 36.2 Å². The van der Waals surface area contributed by atoms with Crippen molar-refractivity contribution in [3.8, 4) is 11.1 Å². The minimum Gasteiger partial charge on any atom is -0.451 e. The Bertz CT molecular complexity index is 1600. The van der Waals surface area contributed by atoms with Crippen molar-refractivity contribution < 1.29 is 27.2 Å². The maximum atomic E-state index is 14.0. The predicted octanol–water partition coefficient (Wildman–Crippen LogP) is 5.97. The lowest BCUT2D eigenvalue weighted by Gasteiger charge is -2.40. The Balaban J connectivity index is 1.27. The monoisotopic (exact) mass is 508 g/mol. The number of hydrogen-bond acceptors (Lipinski definition) is 5. The van der Waals surface area contributed by atoms with Crippen LogP contribution < -0.4 is 11.1 Å². The first kappa shape index (κ1) is 23.6. The zero-order valence-corrected chi connectivity index (χ0v) is 20.3. The minimum atomic E-state index is -2.83. The number of amides is 1. The Morgan fingerprint density at radius 2 is 1.62 bits per heavy atom. The van der Waals surface area contributed by atoms with Crippen LogP contribution in [-0.2, 0) is 4.79 Å². The van der Waals surface area contributed by atoms with Gasteiger partial charge in [-0.2, -0.15) is 0 Å². The lowest BCUT2D eigenvalue weighted by molar-refractivity contribution is -0.131. The van der Waals surface area contributed by atoms with Gasteiger partial charge in [0, 0.05) is 24.6 Å². The highest BCUT2D eigenvalue weighted by atomic mass is 19.3. The Kier molecular flexibility index (Phi) is 5.19. The van der Waals surface area contributed by atoms with Gasteiger partial charge in [-0.25, -0.2) is 13.6 Å². The summed E-state index contributed by atoms with van der Waals surface area (Å²) in [5.74, 6) is -4.12. The van der Waals surface area contributed by atoms with Crippen LogP contribution >= 0.6 is 0 Å². The van der Waals surface area contributed by atoms with Crippen molar-refractivity contribution in [2.45, 2.75) is 63.3 Å². The Morgan fingerprint density at radius 3 is 2.35 bits per heavy atom. The van der Waals surface area contributed by atoms with E-state index in [1.165, 1.54) is 0 Å². The standard InChI is InChI=1S/C28H26F2N2O5/c1-26(6-7-26)15-23(33)27(8-10-28(29,30)11-9-27)32-24(34)22-14-18-3-2-17(13-21(18)36-22)16-4-5-20-19(12-16)31-25(35)37-20/h2-5,12-14H,6-11,15H2,1H3,(H,31,35)(H,32,34). The lowest BCUT2D eigenvalue weighted by Crippen LogP contribution is -2.58. The largest absolute Gasteiger partial charge is 0.451 e. The number of nitrogens with one attached hydrogen (secondary N) is 2. The highest BCUT2D eigenvalue weighted by Crippen LogP contribution is 2.50. The van der Waals surface area contributed by atoms with Crippen LogP contribution in [0.5, 0.6) is 0 Å². The van der Waals surface area contributed by atoms with Gasteiger partial charge in [-0.05, 0) is 66.5 Å². The normalized spacial score (nSPS) is 19.6. The van der Waals surface area contributed by atoms with Gasteiger partial charge in [0.05, 0.1) is 11.1 Å². The van der Waals surface area contributed by atoms with E-state index < -0.39 is 36.0 Å². The van der Waals surface area contributed by atoms with Crippen LogP contribution in [0.1, 0.15) is 62.4 Å². The van der Waals surface area contributed by atoms with Crippen LogP contribution in [0.2, 0.25) is 0 Å². The van der Waals surface area contributed by atoms with E-state index in [2.05, 4.69) is 10.3 Å². The lowest BCUT2D eigenvalue weighted by atomic mass is 9.74. The Morgan fingerprint density at radius 1 is 0.919 bits per heavy atom. The first-order valence-electron chi connectivity index (χ1n) is 12.4. The number of carbonyl (C=O) groups is 2. The second-order valence-electron chi connectivity index (χ2n) is 10.9. The summed E-state index contributed by atoms with van der Waals surface area (Å²) < 4.78 is 38.8. The van der Waals surface area contributed by atoms with E-state index >= 15 is 0 Å². The molecule has 0 bridgehead atoms. The molecular weight excluding hydrogens is 482 g/mol. The highest BCUT2D eigenvalue weighted by Gasteiger charge is 2.51. The molecule has 7 nitrogen and oxygen atoms in total. The number of carbonyl (C=O) groups excluding carboxylic acids is 2. The molecule has 4 aromatic rings. The number of alkyl halides is 2. The van der Waals surface area contributed by atoms with Crippen molar-refractivity contribution in [1.29, 1.82) is 0 Å². The third-order valence-corrected chi connectivity index (χ3v) is 7.91. The molecular formula is C28H26F2N2O5. The fourth-order valence-electron chi connectivity index (χ4n) is 5.20. The molecule has 192 valence electrons. The van der Waals surface area contributed by atoms with Crippen molar-refractivity contribution in [3.05, 3.63) is 58.8 Å². The molecule has 0 saturated heterocycles. The fourth-order valence-corrected chi connectivity index (χ4v) is 5.20. The second-order valence-corrected chi connectivity index (χ2v) is 10.9. The molecule has 2 saturated carbocycles. The molecule has 2 aliphatic carbocycles. The predicted molar refractivity (Wildman–Crippen MR) is 133 cm³/mol. The van der Waals surface area contributed by atoms with Crippen LogP contribution in [-0.4, -0.2) is 28.1 Å². The van der Waals surface area contributed by atoms with Gasteiger partial charge in [0.25, 0.3) is 5.91 Å². The maximum Gasteiger partial charge on any atom is 0.417 e. The van der Waals surface area contributed by atoms with Gasteiger partial charge in [-0.3, -0.25) is 14.6 Å². The number of oxazole rings is 1. The van der Waals surface area contributed by atoms with Crippen molar-refractivity contribution in [2.75, 3.05) is 0 Å². The van der Waals surface area contributed by atoms with Crippen molar-refractivity contribution in [3.63, 3.8) is 0 Å². The molecule has 2 aromatic heterocycles. The average Bonchev–Trinajstić information content (AvgIpc) is 3.26. The molecule has 6 rings (SSSR count). The number of Topliss-reactive ketones (excluding diaryl/α,β-unsaturated/α-hetero) is 1. The smallest absolute Gasteiger partial charge is 0.417 e. The number of hydrogen-bond donors (Lipinski definition) is 2. The van der Waals surface area contributed by atoms with Crippen LogP contribution in [0.15, 0.2) is 56.1 Å². The van der Waals surface area contributed by atoms with Gasteiger partial charge in [0.1, 0.15) is 5.58 Å². The summed E-state index contributed by atoms with van der Waals surface area (Å²) in [6.45, 7) is 2.01. The first-order chi connectivity index (χ1) is 17.5. The summed E-state index contributed by atoms with van der Waals surface area (Å²) >= 11 is 0. The van der Waals surface area contributed by atoms with Crippen LogP contribution in [0.4, 0.5) is 8.78 Å². The summed E-state index contributed by atoms with van der Waals surface area (Å²) in [6.07, 6.45) is 1.06. The van der Waals surface area contributed by atoms with E-state index in [4.69, 9.17) is 8.83 Å². The van der Waals surface area contributed by atoms with Crippen LogP contribution in [0.3, 0.4) is 0 Å². The molecule has 0 atom stereocenters. The number of halogens is 2. The molecule has 2 N–H and O–H groups in total. The fraction of sp³-hybridized carbons (Fsp3) is 0.393. The third-order valence-electron chi connectivity index (χ3n) is 7.91. The summed E-state index contributed by atoms with van der Waals surface area (Å²) in [7, 11) is 0. The van der Waals surface area contributed by atoms with Gasteiger partial charge < -0.3 is 14.2 Å². The van der Waals surface area contributed by atoms with E-state index in [1.54, 1.807) is 24.3 Å². The molecule has 0 spiro atoms. The average molecular weight is 509 g/mol. The number of ketones is 1. The first-order valence-corrected chi connectivity index (χ1v) is 12.4. The molecule has 2 fully saturated rings. The van der Waals surface area contributed by atoms with Gasteiger partial charge in [0.15, 0.2) is 17.1 Å². The second kappa shape index (κ2) is 8.13. The zero-order valence-electron chi connectivity index (χ0n) is 20.3. The van der Waals surface area contributed by atoms with Crippen LogP contribution in [0.25, 0.3) is 33.2 Å². The maximum absolute atomic E-state index is 14.0. The summed E-state index contributed by atoms with van der Waals surface area (Å²) in [6, 6.07) is 12.3. The van der Waals surface area contributed by atoms with Gasteiger partial charge in [-0.15, -0.1) is 0 Å². The molecule has 2 aliphatic rings. The third kappa shape index (κ3) is 4.47. The Hall–Kier alpha value is -3.75. The molecule has 0 unspecified atom stereocenters. The topological polar surface area (TPSA) is 105 Å². The molecule has 9 heteroatoms. The molecule has 0 aliphatic heterocycles. The minimum absolute atomic E-state index is 0.0175. The summed E-state index contributed by atoms with van der Waals surface area (Å²) in [4.78, 5) is 40.6. The number of aromatic nitrogens is 1. The number of fused-ring (bicyclic) bond motifs is 2. The zero-order chi connectivity index (χ0) is 26.0. The van der Waals surface area contributed by atoms with Gasteiger partial charge in [-0.1, -0.05) is 25.1 Å². The van der Waals surface area contributed by atoms with Gasteiger partial charge in [0.2, 0.25) is 5.92 Å². The SMILES string of the molecule is CC1(CC(=O)C2(NC(=O)c3cc4ccc(-c5ccc6oc(=O)[nH]c6c5)cc4o3)CCC(F)(F)CC2)CC1. The number of rotatable bonds is 6. The van der Waals surface area contributed by atoms with Crippen LogP contribution in [0, 0.1) is 5.41 Å². The van der Waals surface area contributed by atoms with Crippen molar-refractivity contribution >= 4 is 33.8 Å². The van der Waals surface area contributed by atoms with E-state index in [0.717, 1.165) is 24.0 Å². The van der Waals surface area contributed by atoms with E-state index in [9.17, 15) is 23.2 Å². The highest BCUT2D eigenvalue weighted by molar-refractivity contribution is 6.01. The molecule has 2 aromatic carbocycles.